The van der Waals surface area contributed by atoms with Crippen LogP contribution in [0.25, 0.3) is 0 Å². The molecule has 0 aliphatic heterocycles. The summed E-state index contributed by atoms with van der Waals surface area (Å²) in [5.41, 5.74) is 0.496. The Balaban J connectivity index is 1.87. The third-order valence-corrected chi connectivity index (χ3v) is 3.29. The van der Waals surface area contributed by atoms with Crippen LogP contribution in [0.5, 0.6) is 0 Å². The van der Waals surface area contributed by atoms with Crippen LogP contribution in [0.4, 0.5) is 0 Å². The first-order chi connectivity index (χ1) is 5.35. The minimum atomic E-state index is 0.496. The average molecular weight is 149 g/mol. The van der Waals surface area contributed by atoms with Crippen molar-refractivity contribution in [3.63, 3.8) is 0 Å². The van der Waals surface area contributed by atoms with E-state index in [1.807, 2.05) is 0 Å². The second-order valence-electron chi connectivity index (χ2n) is 4.34. The molecule has 2 aliphatic rings. The minimum Gasteiger partial charge on any atom is -0.198 e. The van der Waals surface area contributed by atoms with Crippen LogP contribution < -0.4 is 0 Å². The molecular formula is C10H15N. The molecule has 60 valence electrons. The molecule has 0 N–H and O–H groups in total. The van der Waals surface area contributed by atoms with Gasteiger partial charge >= 0.3 is 0 Å². The van der Waals surface area contributed by atoms with Gasteiger partial charge in [-0.25, -0.2) is 0 Å². The van der Waals surface area contributed by atoms with Crippen molar-refractivity contribution in [3.05, 3.63) is 0 Å². The number of nitrogens with zero attached hydrogens (tertiary/aromatic N) is 1. The predicted octanol–water partition coefficient (Wildman–Crippen LogP) is 2.87. The first kappa shape index (κ1) is 7.16. The Morgan fingerprint density at radius 1 is 1.36 bits per heavy atom. The Kier molecular flexibility index (Phi) is 1.64. The Labute approximate surface area is 68.4 Å². The van der Waals surface area contributed by atoms with Gasteiger partial charge in [0.05, 0.1) is 6.07 Å². The molecule has 0 aromatic heterocycles. The second kappa shape index (κ2) is 2.52. The van der Waals surface area contributed by atoms with Gasteiger partial charge in [-0.1, -0.05) is 19.3 Å². The van der Waals surface area contributed by atoms with E-state index in [4.69, 9.17) is 5.26 Å². The zero-order valence-electron chi connectivity index (χ0n) is 6.97. The fourth-order valence-electron chi connectivity index (χ4n) is 2.23. The van der Waals surface area contributed by atoms with Crippen LogP contribution in [0.1, 0.15) is 44.9 Å². The monoisotopic (exact) mass is 149 g/mol. The molecule has 11 heavy (non-hydrogen) atoms. The highest BCUT2D eigenvalue weighted by molar-refractivity contribution is 4.97. The van der Waals surface area contributed by atoms with Gasteiger partial charge in [-0.3, -0.25) is 0 Å². The molecule has 0 spiro atoms. The van der Waals surface area contributed by atoms with E-state index in [-0.39, 0.29) is 0 Å². The number of nitriles is 1. The van der Waals surface area contributed by atoms with Gasteiger partial charge in [0.25, 0.3) is 0 Å². The van der Waals surface area contributed by atoms with Gasteiger partial charge in [0, 0.05) is 6.42 Å². The molecule has 0 amide bonds. The Bertz CT molecular complexity index is 182. The van der Waals surface area contributed by atoms with Crippen molar-refractivity contribution in [2.24, 2.45) is 11.3 Å². The van der Waals surface area contributed by atoms with E-state index in [0.29, 0.717) is 5.41 Å². The minimum absolute atomic E-state index is 0.496. The summed E-state index contributed by atoms with van der Waals surface area (Å²) in [5.74, 6) is 1.00. The average Bonchev–Trinajstić information content (AvgIpc) is 2.67. The fourth-order valence-corrected chi connectivity index (χ4v) is 2.23. The van der Waals surface area contributed by atoms with Crippen molar-refractivity contribution in [1.82, 2.24) is 0 Å². The molecule has 0 unspecified atom stereocenters. The lowest BCUT2D eigenvalue weighted by atomic mass is 9.64. The van der Waals surface area contributed by atoms with Gasteiger partial charge in [0.2, 0.25) is 0 Å². The summed E-state index contributed by atoms with van der Waals surface area (Å²) in [6.07, 6.45) is 9.09. The summed E-state index contributed by atoms with van der Waals surface area (Å²) in [4.78, 5) is 0. The molecule has 0 atom stereocenters. The fraction of sp³-hybridized carbons (Fsp3) is 0.900. The molecule has 0 bridgehead atoms. The molecule has 2 saturated carbocycles. The highest BCUT2D eigenvalue weighted by Crippen LogP contribution is 2.52. The van der Waals surface area contributed by atoms with E-state index >= 15 is 0 Å². The van der Waals surface area contributed by atoms with Crippen LogP contribution in [-0.2, 0) is 0 Å². The lowest BCUT2D eigenvalue weighted by molar-refractivity contribution is 0.117. The Hall–Kier alpha value is -0.510. The molecule has 0 saturated heterocycles. The Morgan fingerprint density at radius 2 is 2.09 bits per heavy atom. The van der Waals surface area contributed by atoms with Crippen LogP contribution in [-0.4, -0.2) is 0 Å². The van der Waals surface area contributed by atoms with Crippen LogP contribution in [0.15, 0.2) is 0 Å². The first-order valence-electron chi connectivity index (χ1n) is 4.72. The third kappa shape index (κ3) is 1.40. The standard InChI is InChI=1S/C10H15N/c11-7-6-10(4-1-5-10)8-9-2-3-9/h9H,1-6,8H2. The highest BCUT2D eigenvalue weighted by Gasteiger charge is 2.41. The number of rotatable bonds is 3. The van der Waals surface area contributed by atoms with Gasteiger partial charge in [-0.2, -0.15) is 5.26 Å². The summed E-state index contributed by atoms with van der Waals surface area (Å²) in [6, 6.07) is 2.34. The lowest BCUT2D eigenvalue weighted by Crippen LogP contribution is -2.29. The molecule has 1 nitrogen and oxygen atoms in total. The normalized spacial score (nSPS) is 27.2. The zero-order valence-corrected chi connectivity index (χ0v) is 6.97. The first-order valence-corrected chi connectivity index (χ1v) is 4.72. The van der Waals surface area contributed by atoms with Crippen molar-refractivity contribution in [3.8, 4) is 6.07 Å². The molecule has 1 heteroatoms. The molecule has 2 rings (SSSR count). The van der Waals surface area contributed by atoms with E-state index in [1.54, 1.807) is 0 Å². The molecule has 0 aromatic rings. The summed E-state index contributed by atoms with van der Waals surface area (Å²) in [7, 11) is 0. The smallest absolute Gasteiger partial charge is 0.0627 e. The molecular weight excluding hydrogens is 134 g/mol. The molecule has 0 aromatic carbocycles. The van der Waals surface area contributed by atoms with E-state index < -0.39 is 0 Å². The maximum absolute atomic E-state index is 8.65. The molecule has 2 fully saturated rings. The summed E-state index contributed by atoms with van der Waals surface area (Å²) in [5, 5.41) is 8.65. The quantitative estimate of drug-likeness (QED) is 0.605. The highest BCUT2D eigenvalue weighted by atomic mass is 14.5. The van der Waals surface area contributed by atoms with Crippen molar-refractivity contribution in [1.29, 1.82) is 5.26 Å². The van der Waals surface area contributed by atoms with Crippen LogP contribution in [0, 0.1) is 22.7 Å². The van der Waals surface area contributed by atoms with Gasteiger partial charge in [0.15, 0.2) is 0 Å². The van der Waals surface area contributed by atoms with Crippen molar-refractivity contribution < 1.29 is 0 Å². The predicted molar refractivity (Wildman–Crippen MR) is 43.9 cm³/mol. The lowest BCUT2D eigenvalue weighted by Gasteiger charge is -2.40. The van der Waals surface area contributed by atoms with E-state index in [1.165, 1.54) is 38.5 Å². The van der Waals surface area contributed by atoms with Crippen LogP contribution >= 0.6 is 0 Å². The maximum Gasteiger partial charge on any atom is 0.0627 e. The molecule has 0 heterocycles. The van der Waals surface area contributed by atoms with E-state index in [0.717, 1.165) is 12.3 Å². The summed E-state index contributed by atoms with van der Waals surface area (Å²) in [6.45, 7) is 0. The maximum atomic E-state index is 8.65. The van der Waals surface area contributed by atoms with Crippen molar-refractivity contribution in [2.45, 2.75) is 44.9 Å². The Morgan fingerprint density at radius 3 is 2.45 bits per heavy atom. The molecule has 2 aliphatic carbocycles. The second-order valence-corrected chi connectivity index (χ2v) is 4.34. The van der Waals surface area contributed by atoms with Crippen molar-refractivity contribution in [2.75, 3.05) is 0 Å². The van der Waals surface area contributed by atoms with E-state index in [2.05, 4.69) is 6.07 Å². The SMILES string of the molecule is N#CCC1(CC2CC2)CCC1. The van der Waals surface area contributed by atoms with Gasteiger partial charge in [-0.05, 0) is 30.6 Å². The van der Waals surface area contributed by atoms with Crippen LogP contribution in [0.2, 0.25) is 0 Å². The number of hydrogen-bond acceptors (Lipinski definition) is 1. The van der Waals surface area contributed by atoms with Crippen molar-refractivity contribution >= 4 is 0 Å². The van der Waals surface area contributed by atoms with Gasteiger partial charge in [-0.15, -0.1) is 0 Å². The summed E-state index contributed by atoms with van der Waals surface area (Å²) >= 11 is 0. The van der Waals surface area contributed by atoms with E-state index in [9.17, 15) is 0 Å². The number of hydrogen-bond donors (Lipinski definition) is 0. The topological polar surface area (TPSA) is 23.8 Å². The third-order valence-electron chi connectivity index (χ3n) is 3.29. The zero-order chi connectivity index (χ0) is 7.73. The molecule has 0 radical (unpaired) electrons. The van der Waals surface area contributed by atoms with Gasteiger partial charge in [0.1, 0.15) is 0 Å². The summed E-state index contributed by atoms with van der Waals surface area (Å²) < 4.78 is 0. The van der Waals surface area contributed by atoms with Gasteiger partial charge < -0.3 is 0 Å². The van der Waals surface area contributed by atoms with Crippen LogP contribution in [0.3, 0.4) is 0 Å². The largest absolute Gasteiger partial charge is 0.198 e.